The zero-order valence-corrected chi connectivity index (χ0v) is 17.6. The number of piperidine rings is 2. The lowest BCUT2D eigenvalue weighted by atomic mass is 9.83. The molecule has 6 heteroatoms. The Morgan fingerprint density at radius 1 is 1.21 bits per heavy atom. The van der Waals surface area contributed by atoms with Crippen molar-refractivity contribution in [2.24, 2.45) is 5.16 Å². The molecule has 2 fully saturated rings. The first-order chi connectivity index (χ1) is 14.2. The number of hydrogen-bond acceptors (Lipinski definition) is 5. The van der Waals surface area contributed by atoms with Gasteiger partial charge in [-0.25, -0.2) is 9.97 Å². The van der Waals surface area contributed by atoms with E-state index >= 15 is 0 Å². The minimum absolute atomic E-state index is 0.369. The number of oxime groups is 1. The molecule has 2 bridgehead atoms. The smallest absolute Gasteiger partial charge is 0.151 e. The maximum absolute atomic E-state index is 6.64. The summed E-state index contributed by atoms with van der Waals surface area (Å²) in [6, 6.07) is 8.92. The van der Waals surface area contributed by atoms with Gasteiger partial charge in [-0.15, -0.1) is 0 Å². The van der Waals surface area contributed by atoms with E-state index in [1.165, 1.54) is 6.42 Å². The van der Waals surface area contributed by atoms with E-state index in [1.807, 2.05) is 18.2 Å². The van der Waals surface area contributed by atoms with Crippen LogP contribution in [-0.2, 0) is 17.9 Å². The molecule has 1 aromatic heterocycles. The summed E-state index contributed by atoms with van der Waals surface area (Å²) in [7, 11) is 0. The van der Waals surface area contributed by atoms with Crippen LogP contribution in [0.15, 0.2) is 42.3 Å². The van der Waals surface area contributed by atoms with E-state index in [0.717, 1.165) is 60.5 Å². The van der Waals surface area contributed by atoms with Gasteiger partial charge in [-0.1, -0.05) is 60.6 Å². The van der Waals surface area contributed by atoms with Gasteiger partial charge >= 0.3 is 0 Å². The van der Waals surface area contributed by atoms with Crippen molar-refractivity contribution in [3.05, 3.63) is 59.0 Å². The predicted molar refractivity (Wildman–Crippen MR) is 118 cm³/mol. The highest BCUT2D eigenvalue weighted by molar-refractivity contribution is 6.33. The summed E-state index contributed by atoms with van der Waals surface area (Å²) in [5.74, 6) is 0.885. The minimum atomic E-state index is 0.369. The van der Waals surface area contributed by atoms with Crippen LogP contribution < -0.4 is 4.90 Å². The lowest BCUT2D eigenvalue weighted by Crippen LogP contribution is -2.53. The molecule has 0 saturated carbocycles. The Balaban J connectivity index is 1.45. The first kappa shape index (κ1) is 19.9. The fraction of sp³-hybridized carbons (Fsp3) is 0.435. The third kappa shape index (κ3) is 4.30. The normalized spacial score (nSPS) is 22.6. The summed E-state index contributed by atoms with van der Waals surface area (Å²) in [4.78, 5) is 17.0. The molecule has 0 radical (unpaired) electrons. The maximum Gasteiger partial charge on any atom is 0.151 e. The third-order valence-corrected chi connectivity index (χ3v) is 6.25. The number of halogens is 1. The largest absolute Gasteiger partial charge is 0.391 e. The van der Waals surface area contributed by atoms with E-state index in [2.05, 4.69) is 45.7 Å². The van der Waals surface area contributed by atoms with Crippen molar-refractivity contribution in [2.45, 2.75) is 64.1 Å². The lowest BCUT2D eigenvalue weighted by molar-refractivity contribution is 0.127. The second-order valence-corrected chi connectivity index (χ2v) is 8.12. The number of aromatic nitrogens is 2. The molecule has 4 rings (SSSR count). The minimum Gasteiger partial charge on any atom is -0.391 e. The molecule has 3 heterocycles. The molecule has 0 amide bonds. The number of benzene rings is 1. The van der Waals surface area contributed by atoms with Crippen LogP contribution >= 0.6 is 11.6 Å². The SMILES string of the molecule is C=Cc1ccc(CON=C2C[C@H]3CCC[C@@H](C2)N3c2ncnc(CC)c2Cl)cc1. The molecule has 152 valence electrons. The number of hydrogen-bond donors (Lipinski definition) is 0. The quantitative estimate of drug-likeness (QED) is 0.596. The lowest BCUT2D eigenvalue weighted by Gasteiger charge is -2.47. The van der Waals surface area contributed by atoms with Gasteiger partial charge < -0.3 is 9.74 Å². The topological polar surface area (TPSA) is 50.6 Å². The van der Waals surface area contributed by atoms with Crippen molar-refractivity contribution in [1.29, 1.82) is 0 Å². The Labute approximate surface area is 177 Å². The Morgan fingerprint density at radius 3 is 2.59 bits per heavy atom. The van der Waals surface area contributed by atoms with E-state index in [-0.39, 0.29) is 0 Å². The molecule has 5 nitrogen and oxygen atoms in total. The molecule has 0 aliphatic carbocycles. The van der Waals surface area contributed by atoms with E-state index in [1.54, 1.807) is 6.33 Å². The van der Waals surface area contributed by atoms with Crippen molar-refractivity contribution in [3.8, 4) is 0 Å². The molecule has 2 aromatic rings. The van der Waals surface area contributed by atoms with Crippen molar-refractivity contribution < 1.29 is 4.84 Å². The van der Waals surface area contributed by atoms with Crippen LogP contribution in [0, 0.1) is 0 Å². The van der Waals surface area contributed by atoms with E-state index in [4.69, 9.17) is 16.4 Å². The average Bonchev–Trinajstić information content (AvgIpc) is 2.74. The number of nitrogens with zero attached hydrogens (tertiary/aromatic N) is 4. The maximum atomic E-state index is 6.64. The Kier molecular flexibility index (Phi) is 6.14. The van der Waals surface area contributed by atoms with Gasteiger partial charge in [-0.05, 0) is 36.8 Å². The van der Waals surface area contributed by atoms with Crippen molar-refractivity contribution in [2.75, 3.05) is 4.90 Å². The van der Waals surface area contributed by atoms with E-state index < -0.39 is 0 Å². The highest BCUT2D eigenvalue weighted by Gasteiger charge is 2.38. The van der Waals surface area contributed by atoms with Crippen molar-refractivity contribution >= 4 is 29.2 Å². The number of aryl methyl sites for hydroxylation is 1. The van der Waals surface area contributed by atoms with Gasteiger partial charge in [0, 0.05) is 24.9 Å². The summed E-state index contributed by atoms with van der Waals surface area (Å²) in [6.07, 6.45) is 9.57. The molecule has 0 unspecified atom stereocenters. The molecule has 29 heavy (non-hydrogen) atoms. The fourth-order valence-electron chi connectivity index (χ4n) is 4.38. The van der Waals surface area contributed by atoms with Gasteiger partial charge in [0.05, 0.1) is 11.4 Å². The summed E-state index contributed by atoms with van der Waals surface area (Å²) in [5, 5.41) is 5.19. The van der Waals surface area contributed by atoms with Crippen LogP contribution in [-0.4, -0.2) is 27.8 Å². The Morgan fingerprint density at radius 2 is 1.93 bits per heavy atom. The van der Waals surface area contributed by atoms with E-state index in [9.17, 15) is 0 Å². The first-order valence-corrected chi connectivity index (χ1v) is 10.7. The van der Waals surface area contributed by atoms with Gasteiger partial charge in [0.2, 0.25) is 0 Å². The summed E-state index contributed by atoms with van der Waals surface area (Å²) < 4.78 is 0. The predicted octanol–water partition coefficient (Wildman–Crippen LogP) is 5.43. The summed E-state index contributed by atoms with van der Waals surface area (Å²) in [5.41, 5.74) is 4.27. The highest BCUT2D eigenvalue weighted by Crippen LogP contribution is 2.39. The van der Waals surface area contributed by atoms with Gasteiger partial charge in [-0.3, -0.25) is 0 Å². The third-order valence-electron chi connectivity index (χ3n) is 5.87. The number of fused-ring (bicyclic) bond motifs is 2. The number of rotatable bonds is 6. The van der Waals surface area contributed by atoms with Gasteiger partial charge in [0.25, 0.3) is 0 Å². The first-order valence-electron chi connectivity index (χ1n) is 10.4. The molecule has 2 saturated heterocycles. The monoisotopic (exact) mass is 410 g/mol. The molecule has 2 atom stereocenters. The molecule has 0 spiro atoms. The van der Waals surface area contributed by atoms with E-state index in [0.29, 0.717) is 23.7 Å². The molecule has 0 N–H and O–H groups in total. The Bertz CT molecular complexity index is 880. The summed E-state index contributed by atoms with van der Waals surface area (Å²) in [6.45, 7) is 6.34. The van der Waals surface area contributed by atoms with Crippen LogP contribution in [0.3, 0.4) is 0 Å². The standard InChI is InChI=1S/C23H27ClN4O/c1-3-16-8-10-17(11-9-16)14-29-27-18-12-19-6-5-7-20(13-18)28(19)23-22(24)21(4-2)25-15-26-23/h3,8-11,15,19-20H,1,4-7,12-14H2,2H3/t19-,20+. The van der Waals surface area contributed by atoms with Crippen LogP contribution in [0.5, 0.6) is 0 Å². The van der Waals surface area contributed by atoms with Gasteiger partial charge in [0.1, 0.15) is 18.0 Å². The molecule has 1 aromatic carbocycles. The second kappa shape index (κ2) is 8.95. The second-order valence-electron chi connectivity index (χ2n) is 7.74. The molecule has 2 aliphatic rings. The summed E-state index contributed by atoms with van der Waals surface area (Å²) >= 11 is 6.64. The van der Waals surface area contributed by atoms with Crippen molar-refractivity contribution in [1.82, 2.24) is 9.97 Å². The van der Waals surface area contributed by atoms with Gasteiger partial charge in [-0.2, -0.15) is 0 Å². The van der Waals surface area contributed by atoms with Crippen LogP contribution in [0.1, 0.15) is 55.8 Å². The van der Waals surface area contributed by atoms with Crippen LogP contribution in [0.2, 0.25) is 5.02 Å². The van der Waals surface area contributed by atoms with Crippen LogP contribution in [0.25, 0.3) is 6.08 Å². The zero-order valence-electron chi connectivity index (χ0n) is 16.9. The Hall–Kier alpha value is -2.40. The average molecular weight is 411 g/mol. The zero-order chi connectivity index (χ0) is 20.2. The van der Waals surface area contributed by atoms with Crippen molar-refractivity contribution in [3.63, 3.8) is 0 Å². The fourth-order valence-corrected chi connectivity index (χ4v) is 4.71. The molecular weight excluding hydrogens is 384 g/mol. The highest BCUT2D eigenvalue weighted by atomic mass is 35.5. The molecular formula is C23H27ClN4O. The number of anilines is 1. The van der Waals surface area contributed by atoms with Gasteiger partial charge in [0.15, 0.2) is 5.82 Å². The van der Waals surface area contributed by atoms with Crippen LogP contribution in [0.4, 0.5) is 5.82 Å². The molecule has 2 aliphatic heterocycles.